The van der Waals surface area contributed by atoms with Crippen molar-refractivity contribution in [1.29, 1.82) is 0 Å². The summed E-state index contributed by atoms with van der Waals surface area (Å²) < 4.78 is 6.71. The van der Waals surface area contributed by atoms with Crippen molar-refractivity contribution in [2.24, 2.45) is 5.92 Å². The predicted molar refractivity (Wildman–Crippen MR) is 116 cm³/mol. The summed E-state index contributed by atoms with van der Waals surface area (Å²) in [7, 11) is 1.60. The van der Waals surface area contributed by atoms with Gasteiger partial charge in [0.05, 0.1) is 24.6 Å². The number of likely N-dealkylation sites (tertiary alicyclic amines) is 1. The second-order valence-corrected chi connectivity index (χ2v) is 7.60. The van der Waals surface area contributed by atoms with Gasteiger partial charge in [0.25, 0.3) is 0 Å². The number of aryl methyl sites for hydroxylation is 1. The number of anilines is 1. The van der Waals surface area contributed by atoms with Gasteiger partial charge in [0, 0.05) is 37.8 Å². The molecule has 0 spiro atoms. The highest BCUT2D eigenvalue weighted by Crippen LogP contribution is 2.26. The number of rotatable bonds is 7. The van der Waals surface area contributed by atoms with Gasteiger partial charge >= 0.3 is 0 Å². The van der Waals surface area contributed by atoms with Gasteiger partial charge in [-0.15, -0.1) is 0 Å². The quantitative estimate of drug-likeness (QED) is 0.590. The number of ether oxygens (including phenoxy) is 1. The molecule has 3 heterocycles. The summed E-state index contributed by atoms with van der Waals surface area (Å²) in [5, 5.41) is 4.30. The lowest BCUT2D eigenvalue weighted by atomic mass is 9.98. The highest BCUT2D eigenvalue weighted by atomic mass is 16.5. The van der Waals surface area contributed by atoms with Gasteiger partial charge in [-0.1, -0.05) is 0 Å². The maximum Gasteiger partial charge on any atom is 0.222 e. The third kappa shape index (κ3) is 4.42. The molecule has 4 rings (SSSR count). The van der Waals surface area contributed by atoms with Crippen LogP contribution >= 0.6 is 0 Å². The van der Waals surface area contributed by atoms with Gasteiger partial charge in [0.2, 0.25) is 5.91 Å². The molecule has 2 N–H and O–H groups in total. The Morgan fingerprint density at radius 2 is 1.90 bits per heavy atom. The van der Waals surface area contributed by atoms with Crippen LogP contribution in [0.1, 0.15) is 28.8 Å². The van der Waals surface area contributed by atoms with Gasteiger partial charge in [-0.3, -0.25) is 14.6 Å². The average molecular weight is 419 g/mol. The molecule has 31 heavy (non-hydrogen) atoms. The molecule has 160 valence electrons. The average Bonchev–Trinajstić information content (AvgIpc) is 3.45. The number of benzene rings is 1. The van der Waals surface area contributed by atoms with Gasteiger partial charge in [-0.25, -0.2) is 4.68 Å². The van der Waals surface area contributed by atoms with Crippen LogP contribution in [0.4, 0.5) is 5.82 Å². The zero-order chi connectivity index (χ0) is 21.8. The van der Waals surface area contributed by atoms with Gasteiger partial charge in [0.15, 0.2) is 5.78 Å². The summed E-state index contributed by atoms with van der Waals surface area (Å²) in [6.45, 7) is 0.999. The van der Waals surface area contributed by atoms with Crippen LogP contribution in [0.3, 0.4) is 0 Å². The molecule has 1 amide bonds. The summed E-state index contributed by atoms with van der Waals surface area (Å²) >= 11 is 0. The molecule has 1 fully saturated rings. The number of nitrogens with zero attached hydrogens (tertiary/aromatic N) is 4. The first-order chi connectivity index (χ1) is 15.1. The summed E-state index contributed by atoms with van der Waals surface area (Å²) in [6, 6.07) is 11.1. The van der Waals surface area contributed by atoms with Gasteiger partial charge in [-0.05, 0) is 54.8 Å². The van der Waals surface area contributed by atoms with E-state index in [0.29, 0.717) is 43.7 Å². The van der Waals surface area contributed by atoms with Crippen molar-refractivity contribution in [3.05, 3.63) is 66.1 Å². The number of aromatic nitrogens is 3. The number of hydrogen-bond acceptors (Lipinski definition) is 6. The minimum atomic E-state index is -0.263. The van der Waals surface area contributed by atoms with E-state index in [1.807, 2.05) is 36.4 Å². The lowest BCUT2D eigenvalue weighted by Crippen LogP contribution is -2.30. The van der Waals surface area contributed by atoms with E-state index >= 15 is 0 Å². The molecule has 3 aromatic rings. The molecule has 0 unspecified atom stereocenters. The predicted octanol–water partition coefficient (Wildman–Crippen LogP) is 2.52. The molecular formula is C23H25N5O3. The second kappa shape index (κ2) is 8.99. The van der Waals surface area contributed by atoms with Crippen molar-refractivity contribution in [2.45, 2.75) is 19.3 Å². The van der Waals surface area contributed by atoms with E-state index in [-0.39, 0.29) is 17.6 Å². The number of nitrogen functional groups attached to an aromatic ring is 1. The largest absolute Gasteiger partial charge is 0.497 e. The van der Waals surface area contributed by atoms with E-state index in [4.69, 9.17) is 10.5 Å². The molecular weight excluding hydrogens is 394 g/mol. The molecule has 2 aromatic heterocycles. The molecule has 1 aliphatic rings. The van der Waals surface area contributed by atoms with E-state index in [1.165, 1.54) is 6.20 Å². The lowest BCUT2D eigenvalue weighted by Gasteiger charge is -2.16. The maximum absolute atomic E-state index is 13.1. The summed E-state index contributed by atoms with van der Waals surface area (Å²) in [6.07, 6.45) is 6.67. The van der Waals surface area contributed by atoms with E-state index in [9.17, 15) is 9.59 Å². The number of nitrogens with two attached hydrogens (primary N) is 1. The number of Topliss-reactive ketones (excluding diaryl/α,β-unsaturated/α-hetero) is 1. The first-order valence-electron chi connectivity index (χ1n) is 10.3. The van der Waals surface area contributed by atoms with Crippen LogP contribution < -0.4 is 10.5 Å². The monoisotopic (exact) mass is 419 g/mol. The molecule has 0 saturated carbocycles. The molecule has 0 radical (unpaired) electrons. The molecule has 0 bridgehead atoms. The summed E-state index contributed by atoms with van der Waals surface area (Å²) in [4.78, 5) is 31.4. The van der Waals surface area contributed by atoms with Crippen LogP contribution in [-0.2, 0) is 11.2 Å². The van der Waals surface area contributed by atoms with Crippen LogP contribution in [0.15, 0.2) is 55.0 Å². The molecule has 1 atom stereocenters. The maximum atomic E-state index is 13.1. The number of hydrogen-bond donors (Lipinski definition) is 1. The van der Waals surface area contributed by atoms with E-state index < -0.39 is 0 Å². The van der Waals surface area contributed by atoms with Gasteiger partial charge in [-0.2, -0.15) is 5.10 Å². The van der Waals surface area contributed by atoms with Crippen molar-refractivity contribution in [3.8, 4) is 11.4 Å². The van der Waals surface area contributed by atoms with Crippen molar-refractivity contribution < 1.29 is 14.3 Å². The van der Waals surface area contributed by atoms with Crippen LogP contribution in [0.25, 0.3) is 5.69 Å². The van der Waals surface area contributed by atoms with Crippen molar-refractivity contribution >= 4 is 17.5 Å². The SMILES string of the molecule is COc1ccc(-n2ncc(C(=O)[C@H]3CCN(C(=O)CCc4ccncc4)C3)c2N)cc1. The van der Waals surface area contributed by atoms with E-state index in [2.05, 4.69) is 10.1 Å². The normalized spacial score (nSPS) is 15.8. The number of pyridine rings is 1. The highest BCUT2D eigenvalue weighted by molar-refractivity contribution is 6.02. The molecule has 0 aliphatic carbocycles. The zero-order valence-corrected chi connectivity index (χ0v) is 17.4. The van der Waals surface area contributed by atoms with Crippen molar-refractivity contribution in [2.75, 3.05) is 25.9 Å². The van der Waals surface area contributed by atoms with Crippen LogP contribution in [0.2, 0.25) is 0 Å². The topological polar surface area (TPSA) is 103 Å². The smallest absolute Gasteiger partial charge is 0.222 e. The minimum absolute atomic E-state index is 0.0639. The number of carbonyl (C=O) groups is 2. The Bertz CT molecular complexity index is 1060. The van der Waals surface area contributed by atoms with Crippen LogP contribution in [0.5, 0.6) is 5.75 Å². The third-order valence-electron chi connectivity index (χ3n) is 5.68. The summed E-state index contributed by atoms with van der Waals surface area (Å²) in [5.74, 6) is 0.763. The fraction of sp³-hybridized carbons (Fsp3) is 0.304. The molecule has 8 heteroatoms. The Morgan fingerprint density at radius 1 is 1.16 bits per heavy atom. The third-order valence-corrected chi connectivity index (χ3v) is 5.68. The van der Waals surface area contributed by atoms with E-state index in [1.54, 1.807) is 29.1 Å². The fourth-order valence-electron chi connectivity index (χ4n) is 3.86. The Hall–Kier alpha value is -3.68. The Labute approximate surface area is 180 Å². The first-order valence-corrected chi connectivity index (χ1v) is 10.3. The molecule has 1 aromatic carbocycles. The minimum Gasteiger partial charge on any atom is -0.497 e. The highest BCUT2D eigenvalue weighted by Gasteiger charge is 2.33. The van der Waals surface area contributed by atoms with Crippen molar-refractivity contribution in [3.63, 3.8) is 0 Å². The standard InChI is InChI=1S/C23H25N5O3/c1-31-19-5-3-18(4-6-19)28-23(24)20(14-26-28)22(30)17-10-13-27(15-17)21(29)7-2-16-8-11-25-12-9-16/h3-6,8-9,11-12,14,17H,2,7,10,13,15,24H2,1H3/t17-/m0/s1. The van der Waals surface area contributed by atoms with Gasteiger partial charge in [0.1, 0.15) is 11.6 Å². The molecule has 8 nitrogen and oxygen atoms in total. The number of ketones is 1. The zero-order valence-electron chi connectivity index (χ0n) is 17.4. The molecule has 1 aliphatic heterocycles. The van der Waals surface area contributed by atoms with E-state index in [0.717, 1.165) is 17.0 Å². The Kier molecular flexibility index (Phi) is 5.97. The van der Waals surface area contributed by atoms with Crippen LogP contribution in [0, 0.1) is 5.92 Å². The number of amides is 1. The summed E-state index contributed by atoms with van der Waals surface area (Å²) in [5.41, 5.74) is 8.46. The number of methoxy groups -OCH3 is 1. The fourth-order valence-corrected chi connectivity index (χ4v) is 3.86. The number of carbonyl (C=O) groups excluding carboxylic acids is 2. The Morgan fingerprint density at radius 3 is 2.61 bits per heavy atom. The lowest BCUT2D eigenvalue weighted by molar-refractivity contribution is -0.130. The first kappa shape index (κ1) is 20.6. The molecule has 1 saturated heterocycles. The van der Waals surface area contributed by atoms with Gasteiger partial charge < -0.3 is 15.4 Å². The van der Waals surface area contributed by atoms with Crippen LogP contribution in [-0.4, -0.2) is 51.6 Å². The second-order valence-electron chi connectivity index (χ2n) is 7.60. The van der Waals surface area contributed by atoms with Crippen molar-refractivity contribution in [1.82, 2.24) is 19.7 Å². The Balaban J connectivity index is 1.39.